The highest BCUT2D eigenvalue weighted by atomic mass is 35.5. The third kappa shape index (κ3) is 2.26. The van der Waals surface area contributed by atoms with Gasteiger partial charge in [-0.15, -0.1) is 0 Å². The quantitative estimate of drug-likeness (QED) is 0.633. The van der Waals surface area contributed by atoms with E-state index in [9.17, 15) is 4.79 Å². The Morgan fingerprint density at radius 3 is 2.69 bits per heavy atom. The van der Waals surface area contributed by atoms with Crippen molar-refractivity contribution in [2.75, 3.05) is 6.54 Å². The Balaban J connectivity index is 2.24. The number of carbonyl (C=O) groups is 1. The van der Waals surface area contributed by atoms with Gasteiger partial charge in [0, 0.05) is 17.5 Å². The van der Waals surface area contributed by atoms with Gasteiger partial charge in [-0.05, 0) is 30.5 Å². The Hall–Kier alpha value is -0.900. The average Bonchev–Trinajstić information content (AvgIpc) is 2.30. The number of piperidine rings is 1. The highest BCUT2D eigenvalue weighted by molar-refractivity contribution is 6.30. The topological polar surface area (TPSA) is 46.3 Å². The highest BCUT2D eigenvalue weighted by Crippen LogP contribution is 2.30. The molecule has 1 fully saturated rings. The number of carbonyl (C=O) groups excluding carboxylic acids is 1. The predicted octanol–water partition coefficient (Wildman–Crippen LogP) is 1.96. The first-order chi connectivity index (χ1) is 7.72. The van der Waals surface area contributed by atoms with Crippen LogP contribution in [0.25, 0.3) is 0 Å². The Labute approximate surface area is 100 Å². The van der Waals surface area contributed by atoms with Gasteiger partial charge in [0.25, 0.3) is 0 Å². The van der Waals surface area contributed by atoms with Gasteiger partial charge in [-0.2, -0.15) is 0 Å². The fraction of sp³-hybridized carbons (Fsp3) is 0.417. The molecule has 86 valence electrons. The van der Waals surface area contributed by atoms with E-state index >= 15 is 0 Å². The standard InChI is InChI=1S/C12H15ClN2O/c13-10-5-3-9(4-6-10)11-2-1-7-15(14)12(11)8-16/h3-6,8,11-12H,1-2,7,14H2. The second-order valence-corrected chi connectivity index (χ2v) is 4.60. The molecule has 0 bridgehead atoms. The van der Waals surface area contributed by atoms with Crippen molar-refractivity contribution in [2.45, 2.75) is 24.8 Å². The number of hydrazine groups is 1. The van der Waals surface area contributed by atoms with Crippen LogP contribution >= 0.6 is 11.6 Å². The Kier molecular flexibility index (Phi) is 3.59. The number of aldehydes is 1. The van der Waals surface area contributed by atoms with E-state index in [1.54, 1.807) is 5.01 Å². The maximum Gasteiger partial charge on any atom is 0.139 e. The van der Waals surface area contributed by atoms with Crippen LogP contribution < -0.4 is 5.84 Å². The monoisotopic (exact) mass is 238 g/mol. The second kappa shape index (κ2) is 4.95. The van der Waals surface area contributed by atoms with Crippen molar-refractivity contribution in [1.82, 2.24) is 5.01 Å². The zero-order valence-electron chi connectivity index (χ0n) is 8.97. The molecule has 2 atom stereocenters. The van der Waals surface area contributed by atoms with Crippen LogP contribution in [-0.2, 0) is 4.79 Å². The van der Waals surface area contributed by atoms with Crippen molar-refractivity contribution >= 4 is 17.9 Å². The maximum absolute atomic E-state index is 11.1. The first-order valence-electron chi connectivity index (χ1n) is 5.44. The molecule has 0 radical (unpaired) electrons. The van der Waals surface area contributed by atoms with E-state index in [1.165, 1.54) is 0 Å². The van der Waals surface area contributed by atoms with E-state index in [2.05, 4.69) is 0 Å². The van der Waals surface area contributed by atoms with Gasteiger partial charge in [0.05, 0.1) is 6.04 Å². The van der Waals surface area contributed by atoms with Crippen LogP contribution in [0.1, 0.15) is 24.3 Å². The molecule has 0 amide bonds. The minimum atomic E-state index is -0.213. The highest BCUT2D eigenvalue weighted by Gasteiger charge is 2.30. The van der Waals surface area contributed by atoms with E-state index in [1.807, 2.05) is 24.3 Å². The third-order valence-corrected chi connectivity index (χ3v) is 3.42. The lowest BCUT2D eigenvalue weighted by Gasteiger charge is -2.35. The molecule has 0 saturated carbocycles. The van der Waals surface area contributed by atoms with Crippen molar-refractivity contribution in [3.8, 4) is 0 Å². The summed E-state index contributed by atoms with van der Waals surface area (Å²) in [6.45, 7) is 0.785. The van der Waals surface area contributed by atoms with Gasteiger partial charge in [0.15, 0.2) is 0 Å². The molecule has 3 nitrogen and oxygen atoms in total. The summed E-state index contributed by atoms with van der Waals surface area (Å²) in [4.78, 5) is 11.1. The minimum absolute atomic E-state index is 0.188. The molecule has 2 rings (SSSR count). The number of nitrogens with zero attached hydrogens (tertiary/aromatic N) is 1. The minimum Gasteiger partial charge on any atom is -0.302 e. The van der Waals surface area contributed by atoms with Crippen LogP contribution in [0.3, 0.4) is 0 Å². The fourth-order valence-electron chi connectivity index (χ4n) is 2.29. The van der Waals surface area contributed by atoms with Gasteiger partial charge < -0.3 is 4.79 Å². The van der Waals surface area contributed by atoms with Gasteiger partial charge in [0.2, 0.25) is 0 Å². The summed E-state index contributed by atoms with van der Waals surface area (Å²) in [5, 5.41) is 2.35. The Morgan fingerprint density at radius 2 is 2.06 bits per heavy atom. The van der Waals surface area contributed by atoms with Gasteiger partial charge in [-0.25, -0.2) is 5.01 Å². The lowest BCUT2D eigenvalue weighted by atomic mass is 9.85. The van der Waals surface area contributed by atoms with Gasteiger partial charge in [0.1, 0.15) is 6.29 Å². The molecular weight excluding hydrogens is 224 g/mol. The number of hydrogen-bond acceptors (Lipinski definition) is 3. The van der Waals surface area contributed by atoms with Crippen LogP contribution in [0, 0.1) is 0 Å². The molecule has 1 aliphatic heterocycles. The number of hydrogen-bond donors (Lipinski definition) is 1. The van der Waals surface area contributed by atoms with E-state index in [4.69, 9.17) is 17.4 Å². The van der Waals surface area contributed by atoms with Crippen molar-refractivity contribution in [2.24, 2.45) is 5.84 Å². The molecular formula is C12H15ClN2O. The van der Waals surface area contributed by atoms with Crippen molar-refractivity contribution in [3.05, 3.63) is 34.9 Å². The first kappa shape index (κ1) is 11.6. The molecule has 1 heterocycles. The van der Waals surface area contributed by atoms with Crippen molar-refractivity contribution < 1.29 is 4.79 Å². The van der Waals surface area contributed by atoms with Gasteiger partial charge in [-0.1, -0.05) is 23.7 Å². The molecule has 2 unspecified atom stereocenters. The molecule has 2 N–H and O–H groups in total. The normalized spacial score (nSPS) is 26.6. The summed E-state index contributed by atoms with van der Waals surface area (Å²) >= 11 is 5.84. The number of benzene rings is 1. The molecule has 0 aromatic heterocycles. The lowest BCUT2D eigenvalue weighted by Crippen LogP contribution is -2.49. The number of rotatable bonds is 2. The van der Waals surface area contributed by atoms with Crippen molar-refractivity contribution in [3.63, 3.8) is 0 Å². The molecule has 1 saturated heterocycles. The molecule has 4 heteroatoms. The van der Waals surface area contributed by atoms with Gasteiger partial charge >= 0.3 is 0 Å². The second-order valence-electron chi connectivity index (χ2n) is 4.16. The van der Waals surface area contributed by atoms with Crippen LogP contribution in [-0.4, -0.2) is 23.9 Å². The molecule has 16 heavy (non-hydrogen) atoms. The van der Waals surface area contributed by atoms with Crippen LogP contribution in [0.2, 0.25) is 5.02 Å². The third-order valence-electron chi connectivity index (χ3n) is 3.16. The summed E-state index contributed by atoms with van der Waals surface area (Å²) in [5.74, 6) is 6.01. The molecule has 0 spiro atoms. The van der Waals surface area contributed by atoms with E-state index in [-0.39, 0.29) is 12.0 Å². The molecule has 1 aliphatic rings. The predicted molar refractivity (Wildman–Crippen MR) is 64.2 cm³/mol. The van der Waals surface area contributed by atoms with Crippen LogP contribution in [0.5, 0.6) is 0 Å². The molecule has 0 aliphatic carbocycles. The van der Waals surface area contributed by atoms with E-state index < -0.39 is 0 Å². The fourth-order valence-corrected chi connectivity index (χ4v) is 2.42. The number of nitrogens with two attached hydrogens (primary N) is 1. The Bertz CT molecular complexity index is 366. The largest absolute Gasteiger partial charge is 0.302 e. The summed E-state index contributed by atoms with van der Waals surface area (Å²) in [6, 6.07) is 7.45. The van der Waals surface area contributed by atoms with Crippen LogP contribution in [0.15, 0.2) is 24.3 Å². The zero-order chi connectivity index (χ0) is 11.5. The van der Waals surface area contributed by atoms with Crippen molar-refractivity contribution in [1.29, 1.82) is 0 Å². The first-order valence-corrected chi connectivity index (χ1v) is 5.82. The average molecular weight is 239 g/mol. The zero-order valence-corrected chi connectivity index (χ0v) is 9.73. The lowest BCUT2D eigenvalue weighted by molar-refractivity contribution is -0.114. The summed E-state index contributed by atoms with van der Waals surface area (Å²) in [7, 11) is 0. The Morgan fingerprint density at radius 1 is 1.38 bits per heavy atom. The van der Waals surface area contributed by atoms with E-state index in [0.29, 0.717) is 5.02 Å². The van der Waals surface area contributed by atoms with Crippen LogP contribution in [0.4, 0.5) is 0 Å². The summed E-state index contributed by atoms with van der Waals surface area (Å²) < 4.78 is 0. The molecule has 1 aromatic rings. The summed E-state index contributed by atoms with van der Waals surface area (Å²) in [5.41, 5.74) is 1.14. The molecule has 1 aromatic carbocycles. The summed E-state index contributed by atoms with van der Waals surface area (Å²) in [6.07, 6.45) is 2.96. The van der Waals surface area contributed by atoms with E-state index in [0.717, 1.165) is 31.2 Å². The number of halogens is 1. The maximum atomic E-state index is 11.1. The smallest absolute Gasteiger partial charge is 0.139 e. The SMILES string of the molecule is NN1CCCC(c2ccc(Cl)cc2)C1C=O. The van der Waals surface area contributed by atoms with Gasteiger partial charge in [-0.3, -0.25) is 5.84 Å².